The third-order valence-electron chi connectivity index (χ3n) is 4.33. The van der Waals surface area contributed by atoms with Crippen molar-refractivity contribution >= 4 is 23.5 Å². The minimum atomic E-state index is -1.19. The number of methoxy groups -OCH3 is 1. The predicted octanol–water partition coefficient (Wildman–Crippen LogP) is 4.01. The zero-order chi connectivity index (χ0) is 20.6. The molecule has 0 fully saturated rings. The molecule has 0 radical (unpaired) electrons. The van der Waals surface area contributed by atoms with Crippen LogP contribution in [-0.4, -0.2) is 19.0 Å². The highest BCUT2D eigenvalue weighted by Gasteiger charge is 2.25. The summed E-state index contributed by atoms with van der Waals surface area (Å²) in [6, 6.07) is 25.1. The summed E-state index contributed by atoms with van der Waals surface area (Å²) in [5.74, 6) is -0.785. The van der Waals surface area contributed by atoms with Crippen molar-refractivity contribution in [2.75, 3.05) is 7.11 Å². The predicted molar refractivity (Wildman–Crippen MR) is 112 cm³/mol. The lowest BCUT2D eigenvalue weighted by atomic mass is 10.0. The lowest BCUT2D eigenvalue weighted by Crippen LogP contribution is -2.26. The molecule has 0 saturated carbocycles. The van der Waals surface area contributed by atoms with Gasteiger partial charge in [0.05, 0.1) is 12.7 Å². The summed E-state index contributed by atoms with van der Waals surface area (Å²) in [6.07, 6.45) is 0.494. The topological polar surface area (TPSA) is 78.6 Å². The van der Waals surface area contributed by atoms with E-state index in [9.17, 15) is 9.59 Å². The van der Waals surface area contributed by atoms with E-state index in [0.29, 0.717) is 22.4 Å². The zero-order valence-electron chi connectivity index (χ0n) is 15.9. The van der Waals surface area contributed by atoms with Crippen LogP contribution in [0.4, 0.5) is 0 Å². The Morgan fingerprint density at radius 3 is 2.07 bits per heavy atom. The van der Waals surface area contributed by atoms with Crippen molar-refractivity contribution in [3.05, 3.63) is 102 Å². The van der Waals surface area contributed by atoms with Crippen molar-refractivity contribution in [2.24, 2.45) is 5.73 Å². The number of ether oxygens (including phenoxy) is 2. The summed E-state index contributed by atoms with van der Waals surface area (Å²) in [5, 5.41) is 0. The van der Waals surface area contributed by atoms with Gasteiger partial charge in [-0.05, 0) is 17.7 Å². The Morgan fingerprint density at radius 1 is 0.862 bits per heavy atom. The first-order valence-corrected chi connectivity index (χ1v) is 9.05. The molecule has 1 unspecified atom stereocenters. The minimum Gasteiger partial charge on any atom is -0.496 e. The van der Waals surface area contributed by atoms with Gasteiger partial charge >= 0.3 is 5.97 Å². The van der Waals surface area contributed by atoms with Gasteiger partial charge in [-0.25, -0.2) is 4.79 Å². The lowest BCUT2D eigenvalue weighted by Gasteiger charge is -2.17. The lowest BCUT2D eigenvalue weighted by molar-refractivity contribution is -0.149. The van der Waals surface area contributed by atoms with E-state index in [1.165, 1.54) is 0 Å². The van der Waals surface area contributed by atoms with E-state index >= 15 is 0 Å². The molecular weight excluding hydrogens is 366 g/mol. The van der Waals surface area contributed by atoms with Gasteiger partial charge < -0.3 is 15.2 Å². The molecule has 0 spiro atoms. The number of carbonyl (C=O) groups is 2. The molecule has 3 aromatic carbocycles. The molecule has 29 heavy (non-hydrogen) atoms. The van der Waals surface area contributed by atoms with Crippen molar-refractivity contribution in [2.45, 2.75) is 6.10 Å². The molecule has 0 bridgehead atoms. The van der Waals surface area contributed by atoms with E-state index in [1.807, 2.05) is 36.4 Å². The number of carbonyl (C=O) groups excluding carboxylic acids is 2. The number of hydrogen-bond acceptors (Lipinski definition) is 4. The first-order chi connectivity index (χ1) is 14.1. The van der Waals surface area contributed by atoms with Crippen molar-refractivity contribution in [3.8, 4) is 5.75 Å². The molecule has 5 nitrogen and oxygen atoms in total. The maximum atomic E-state index is 13.1. The Bertz CT molecular complexity index is 1010. The van der Waals surface area contributed by atoms with E-state index in [-0.39, 0.29) is 5.57 Å². The summed E-state index contributed by atoms with van der Waals surface area (Å²) in [7, 11) is 1.56. The minimum absolute atomic E-state index is 0.289. The molecule has 0 aliphatic rings. The number of benzene rings is 3. The fraction of sp³-hybridized carbons (Fsp3) is 0.0833. The molecule has 0 heterocycles. The third-order valence-corrected chi connectivity index (χ3v) is 4.33. The van der Waals surface area contributed by atoms with E-state index in [1.54, 1.807) is 61.7 Å². The number of nitrogens with two attached hydrogens (primary N) is 1. The second-order valence-electron chi connectivity index (χ2n) is 6.26. The quantitative estimate of drug-likeness (QED) is 0.377. The van der Waals surface area contributed by atoms with Gasteiger partial charge in [0.15, 0.2) is 0 Å². The van der Waals surface area contributed by atoms with E-state index in [4.69, 9.17) is 15.2 Å². The second-order valence-corrected chi connectivity index (χ2v) is 6.26. The number of hydrogen-bond donors (Lipinski definition) is 1. The molecule has 2 N–H and O–H groups in total. The number of esters is 1. The molecule has 0 aliphatic heterocycles. The Balaban J connectivity index is 2.01. The first-order valence-electron chi connectivity index (χ1n) is 9.05. The molecule has 3 aromatic rings. The standard InChI is InChI=1S/C24H21NO4/c1-28-21-15-9-8-14-19(21)16-20(17-10-4-2-5-11-17)24(27)29-22(23(25)26)18-12-6-3-7-13-18/h2-16,22H,1H3,(H2,25,26)/b20-16+. The smallest absolute Gasteiger partial charge is 0.339 e. The van der Waals surface area contributed by atoms with Gasteiger partial charge in [0, 0.05) is 11.1 Å². The summed E-state index contributed by atoms with van der Waals surface area (Å²) in [4.78, 5) is 25.1. The second kappa shape index (κ2) is 9.37. The van der Waals surface area contributed by atoms with Crippen LogP contribution in [0.3, 0.4) is 0 Å². The van der Waals surface area contributed by atoms with Gasteiger partial charge in [0.25, 0.3) is 5.91 Å². The molecule has 1 amide bonds. The van der Waals surface area contributed by atoms with Crippen LogP contribution >= 0.6 is 0 Å². The molecular formula is C24H21NO4. The number of para-hydroxylation sites is 1. The summed E-state index contributed by atoms with van der Waals surface area (Å²) in [6.45, 7) is 0. The van der Waals surface area contributed by atoms with Crippen LogP contribution < -0.4 is 10.5 Å². The average Bonchev–Trinajstić information content (AvgIpc) is 2.76. The SMILES string of the molecule is COc1ccccc1/C=C(/C(=O)OC(C(N)=O)c1ccccc1)c1ccccc1. The maximum absolute atomic E-state index is 13.1. The average molecular weight is 387 g/mol. The largest absolute Gasteiger partial charge is 0.496 e. The van der Waals surface area contributed by atoms with E-state index in [2.05, 4.69) is 0 Å². The first kappa shape index (κ1) is 19.9. The number of amides is 1. The molecule has 146 valence electrons. The molecule has 0 saturated heterocycles. The van der Waals surface area contributed by atoms with Gasteiger partial charge in [-0.15, -0.1) is 0 Å². The Hall–Kier alpha value is -3.86. The summed E-state index contributed by atoms with van der Waals surface area (Å²) < 4.78 is 10.9. The third kappa shape index (κ3) is 4.90. The van der Waals surface area contributed by atoms with Crippen LogP contribution in [0.15, 0.2) is 84.9 Å². The van der Waals surface area contributed by atoms with Gasteiger partial charge in [-0.3, -0.25) is 4.79 Å². The highest BCUT2D eigenvalue weighted by atomic mass is 16.5. The molecule has 5 heteroatoms. The molecule has 0 aromatic heterocycles. The Morgan fingerprint density at radius 2 is 1.45 bits per heavy atom. The van der Waals surface area contributed by atoms with Gasteiger partial charge in [0.2, 0.25) is 6.10 Å². The monoisotopic (exact) mass is 387 g/mol. The van der Waals surface area contributed by atoms with Gasteiger partial charge in [-0.1, -0.05) is 78.9 Å². The Kier molecular flexibility index (Phi) is 6.43. The maximum Gasteiger partial charge on any atom is 0.339 e. The normalized spacial score (nSPS) is 12.1. The van der Waals surface area contributed by atoms with Crippen LogP contribution in [0.5, 0.6) is 5.75 Å². The van der Waals surface area contributed by atoms with Gasteiger partial charge in [-0.2, -0.15) is 0 Å². The Labute approximate surface area is 169 Å². The van der Waals surface area contributed by atoms with Crippen LogP contribution in [-0.2, 0) is 14.3 Å². The highest BCUT2D eigenvalue weighted by Crippen LogP contribution is 2.27. The fourth-order valence-electron chi connectivity index (χ4n) is 2.91. The van der Waals surface area contributed by atoms with Gasteiger partial charge in [0.1, 0.15) is 5.75 Å². The van der Waals surface area contributed by atoms with Crippen molar-refractivity contribution in [3.63, 3.8) is 0 Å². The van der Waals surface area contributed by atoms with E-state index in [0.717, 1.165) is 0 Å². The number of primary amides is 1. The van der Waals surface area contributed by atoms with Crippen LogP contribution in [0.1, 0.15) is 22.8 Å². The molecule has 0 aliphatic carbocycles. The van der Waals surface area contributed by atoms with Crippen molar-refractivity contribution in [1.29, 1.82) is 0 Å². The molecule has 1 atom stereocenters. The molecule has 3 rings (SSSR count). The van der Waals surface area contributed by atoms with Crippen molar-refractivity contribution in [1.82, 2.24) is 0 Å². The van der Waals surface area contributed by atoms with Crippen molar-refractivity contribution < 1.29 is 19.1 Å². The fourth-order valence-corrected chi connectivity index (χ4v) is 2.91. The summed E-state index contributed by atoms with van der Waals surface area (Å²) in [5.41, 5.74) is 7.66. The highest BCUT2D eigenvalue weighted by molar-refractivity contribution is 6.22. The van der Waals surface area contributed by atoms with Crippen LogP contribution in [0.2, 0.25) is 0 Å². The zero-order valence-corrected chi connectivity index (χ0v) is 15.9. The van der Waals surface area contributed by atoms with E-state index < -0.39 is 18.0 Å². The van der Waals surface area contributed by atoms with Crippen LogP contribution in [0, 0.1) is 0 Å². The van der Waals surface area contributed by atoms with Crippen LogP contribution in [0.25, 0.3) is 11.6 Å². The number of rotatable bonds is 7. The summed E-state index contributed by atoms with van der Waals surface area (Å²) >= 11 is 0.